The maximum atomic E-state index is 12.0. The van der Waals surface area contributed by atoms with E-state index in [1.54, 1.807) is 18.2 Å². The van der Waals surface area contributed by atoms with Crippen LogP contribution in [0.1, 0.15) is 31.2 Å². The minimum Gasteiger partial charge on any atom is -0.508 e. The van der Waals surface area contributed by atoms with E-state index >= 15 is 0 Å². The van der Waals surface area contributed by atoms with Crippen LogP contribution in [-0.4, -0.2) is 22.4 Å². The number of alkyl halides is 1. The fourth-order valence-corrected chi connectivity index (χ4v) is 3.22. The third kappa shape index (κ3) is 4.23. The minimum atomic E-state index is 0.00351. The molecule has 0 aromatic heterocycles. The van der Waals surface area contributed by atoms with Gasteiger partial charge < -0.3 is 10.4 Å². The van der Waals surface area contributed by atoms with E-state index in [-0.39, 0.29) is 18.1 Å². The number of phenolic OH excluding ortho intramolecular Hbond substituents is 1. The van der Waals surface area contributed by atoms with Gasteiger partial charge in [-0.05, 0) is 37.7 Å². The monoisotopic (exact) mass is 325 g/mol. The molecular weight excluding hydrogens is 306 g/mol. The number of benzene rings is 1. The van der Waals surface area contributed by atoms with Crippen LogP contribution in [0.25, 0.3) is 0 Å². The summed E-state index contributed by atoms with van der Waals surface area (Å²) in [7, 11) is 0. The van der Waals surface area contributed by atoms with Crippen molar-refractivity contribution < 1.29 is 9.90 Å². The summed E-state index contributed by atoms with van der Waals surface area (Å²) >= 11 is 3.52. The molecule has 3 nitrogen and oxygen atoms in total. The zero-order valence-corrected chi connectivity index (χ0v) is 12.5. The number of amides is 1. The molecule has 2 rings (SSSR count). The van der Waals surface area contributed by atoms with Crippen LogP contribution >= 0.6 is 15.9 Å². The highest BCUT2D eigenvalue weighted by Gasteiger charge is 2.21. The van der Waals surface area contributed by atoms with Gasteiger partial charge in [-0.25, -0.2) is 0 Å². The van der Waals surface area contributed by atoms with Crippen molar-refractivity contribution in [2.24, 2.45) is 5.92 Å². The average Bonchev–Trinajstić information content (AvgIpc) is 2.42. The molecular formula is C15H20BrNO2. The zero-order chi connectivity index (χ0) is 13.7. The number of phenols is 1. The number of rotatable bonds is 4. The van der Waals surface area contributed by atoms with Crippen LogP contribution in [0, 0.1) is 5.92 Å². The highest BCUT2D eigenvalue weighted by molar-refractivity contribution is 9.09. The van der Waals surface area contributed by atoms with Gasteiger partial charge in [-0.1, -0.05) is 34.1 Å². The lowest BCUT2D eigenvalue weighted by atomic mass is 9.87. The summed E-state index contributed by atoms with van der Waals surface area (Å²) in [5.74, 6) is 0.954. The van der Waals surface area contributed by atoms with E-state index in [9.17, 15) is 9.90 Å². The lowest BCUT2D eigenvalue weighted by Gasteiger charge is -2.28. The first-order valence-corrected chi connectivity index (χ1v) is 7.93. The molecule has 1 saturated carbocycles. The van der Waals surface area contributed by atoms with Gasteiger partial charge >= 0.3 is 0 Å². The summed E-state index contributed by atoms with van der Waals surface area (Å²) in [5.41, 5.74) is 0.689. The molecule has 1 aliphatic rings. The van der Waals surface area contributed by atoms with E-state index < -0.39 is 0 Å². The number of carbonyl (C=O) groups is 1. The summed E-state index contributed by atoms with van der Waals surface area (Å²) in [6.45, 7) is 0. The number of halogens is 1. The Morgan fingerprint density at radius 2 is 1.95 bits per heavy atom. The van der Waals surface area contributed by atoms with Crippen molar-refractivity contribution in [2.75, 3.05) is 5.33 Å². The first-order chi connectivity index (χ1) is 9.19. The fraction of sp³-hybridized carbons (Fsp3) is 0.533. The van der Waals surface area contributed by atoms with Gasteiger partial charge in [-0.2, -0.15) is 0 Å². The van der Waals surface area contributed by atoms with Gasteiger partial charge in [0.15, 0.2) is 0 Å². The first kappa shape index (κ1) is 14.4. The quantitative estimate of drug-likeness (QED) is 0.836. The molecule has 1 fully saturated rings. The Labute approximate surface area is 122 Å². The van der Waals surface area contributed by atoms with Crippen LogP contribution in [0.3, 0.4) is 0 Å². The van der Waals surface area contributed by atoms with Crippen LogP contribution < -0.4 is 5.32 Å². The molecule has 4 heteroatoms. The van der Waals surface area contributed by atoms with Gasteiger partial charge in [0.05, 0.1) is 6.42 Å². The Kier molecular flexibility index (Phi) is 5.25. The average molecular weight is 326 g/mol. The van der Waals surface area contributed by atoms with Crippen LogP contribution in [0.15, 0.2) is 24.3 Å². The summed E-state index contributed by atoms with van der Waals surface area (Å²) in [6, 6.07) is 7.30. The Bertz CT molecular complexity index is 428. The van der Waals surface area contributed by atoms with Crippen molar-refractivity contribution in [1.82, 2.24) is 5.32 Å². The van der Waals surface area contributed by atoms with E-state index in [1.165, 1.54) is 12.8 Å². The predicted molar refractivity (Wildman–Crippen MR) is 79.5 cm³/mol. The molecule has 1 amide bonds. The molecule has 1 aliphatic carbocycles. The molecule has 2 N–H and O–H groups in total. The van der Waals surface area contributed by atoms with E-state index in [0.717, 1.165) is 24.1 Å². The van der Waals surface area contributed by atoms with E-state index in [0.29, 0.717) is 11.6 Å². The maximum absolute atomic E-state index is 12.0. The van der Waals surface area contributed by atoms with Gasteiger partial charge in [0.25, 0.3) is 0 Å². The predicted octanol–water partition coefficient (Wildman–Crippen LogP) is 3.00. The lowest BCUT2D eigenvalue weighted by Crippen LogP contribution is -2.38. The third-order valence-corrected chi connectivity index (χ3v) is 4.69. The van der Waals surface area contributed by atoms with Crippen molar-refractivity contribution in [3.63, 3.8) is 0 Å². The summed E-state index contributed by atoms with van der Waals surface area (Å²) < 4.78 is 0. The molecule has 19 heavy (non-hydrogen) atoms. The molecule has 0 heterocycles. The standard InChI is InChI=1S/C15H20BrNO2/c16-10-11-5-7-13(8-6-11)17-15(19)9-12-3-1-2-4-14(12)18/h1-4,11,13,18H,5-10H2,(H,17,19). The van der Waals surface area contributed by atoms with Crippen LogP contribution in [0.5, 0.6) is 5.75 Å². The molecule has 0 atom stereocenters. The Morgan fingerprint density at radius 3 is 2.58 bits per heavy atom. The molecule has 104 valence electrons. The Morgan fingerprint density at radius 1 is 1.26 bits per heavy atom. The SMILES string of the molecule is O=C(Cc1ccccc1O)NC1CCC(CBr)CC1. The molecule has 0 radical (unpaired) electrons. The molecule has 0 unspecified atom stereocenters. The molecule has 1 aromatic rings. The van der Waals surface area contributed by atoms with Crippen molar-refractivity contribution >= 4 is 21.8 Å². The molecule has 0 aliphatic heterocycles. The van der Waals surface area contributed by atoms with Crippen LogP contribution in [0.4, 0.5) is 0 Å². The number of hydrogen-bond acceptors (Lipinski definition) is 2. The number of hydrogen-bond donors (Lipinski definition) is 2. The van der Waals surface area contributed by atoms with Gasteiger partial charge in [0.2, 0.25) is 5.91 Å². The summed E-state index contributed by atoms with van der Waals surface area (Å²) in [5, 5.41) is 13.8. The number of para-hydroxylation sites is 1. The highest BCUT2D eigenvalue weighted by atomic mass is 79.9. The lowest BCUT2D eigenvalue weighted by molar-refractivity contribution is -0.121. The topological polar surface area (TPSA) is 49.3 Å². The van der Waals surface area contributed by atoms with Crippen molar-refractivity contribution in [3.05, 3.63) is 29.8 Å². The maximum Gasteiger partial charge on any atom is 0.224 e. The van der Waals surface area contributed by atoms with Gasteiger partial charge in [0.1, 0.15) is 5.75 Å². The Balaban J connectivity index is 1.81. The van der Waals surface area contributed by atoms with Crippen LogP contribution in [0.2, 0.25) is 0 Å². The van der Waals surface area contributed by atoms with E-state index in [1.807, 2.05) is 6.07 Å². The summed E-state index contributed by atoms with van der Waals surface area (Å²) in [4.78, 5) is 12.0. The smallest absolute Gasteiger partial charge is 0.224 e. The number of nitrogens with one attached hydrogen (secondary N) is 1. The van der Waals surface area contributed by atoms with E-state index in [4.69, 9.17) is 0 Å². The fourth-order valence-electron chi connectivity index (χ4n) is 2.57. The Hall–Kier alpha value is -1.03. The normalized spacial score (nSPS) is 23.0. The van der Waals surface area contributed by atoms with Crippen molar-refractivity contribution in [1.29, 1.82) is 0 Å². The second-order valence-corrected chi connectivity index (χ2v) is 5.89. The second kappa shape index (κ2) is 6.94. The van der Waals surface area contributed by atoms with Crippen molar-refractivity contribution in [2.45, 2.75) is 38.1 Å². The number of carbonyl (C=O) groups excluding carboxylic acids is 1. The van der Waals surface area contributed by atoms with E-state index in [2.05, 4.69) is 21.2 Å². The number of aromatic hydroxyl groups is 1. The van der Waals surface area contributed by atoms with Gasteiger partial charge in [-0.15, -0.1) is 0 Å². The zero-order valence-electron chi connectivity index (χ0n) is 10.9. The largest absolute Gasteiger partial charge is 0.508 e. The van der Waals surface area contributed by atoms with Gasteiger partial charge in [0, 0.05) is 16.9 Å². The molecule has 0 saturated heterocycles. The van der Waals surface area contributed by atoms with Crippen LogP contribution in [-0.2, 0) is 11.2 Å². The first-order valence-electron chi connectivity index (χ1n) is 6.81. The molecule has 0 bridgehead atoms. The van der Waals surface area contributed by atoms with Crippen molar-refractivity contribution in [3.8, 4) is 5.75 Å². The summed E-state index contributed by atoms with van der Waals surface area (Å²) in [6.07, 6.45) is 4.72. The molecule has 0 spiro atoms. The highest BCUT2D eigenvalue weighted by Crippen LogP contribution is 2.25. The van der Waals surface area contributed by atoms with Gasteiger partial charge in [-0.3, -0.25) is 4.79 Å². The molecule has 1 aromatic carbocycles. The third-order valence-electron chi connectivity index (χ3n) is 3.77. The second-order valence-electron chi connectivity index (χ2n) is 5.24. The minimum absolute atomic E-state index is 0.00351.